The largest absolute Gasteiger partial charge is 0.490 e. The number of hydrogen-bond donors (Lipinski definition) is 3. The fraction of sp³-hybridized carbons (Fsp3) is 0.545. The summed E-state index contributed by atoms with van der Waals surface area (Å²) in [6.45, 7) is 0.596. The summed E-state index contributed by atoms with van der Waals surface area (Å²) in [6.07, 6.45) is 2.46. The van der Waals surface area contributed by atoms with Crippen LogP contribution in [-0.2, 0) is 9.59 Å². The molecule has 0 saturated heterocycles. The first-order valence-electron chi connectivity index (χ1n) is 10.8. The van der Waals surface area contributed by atoms with Gasteiger partial charge in [0.2, 0.25) is 11.7 Å². The van der Waals surface area contributed by atoms with E-state index in [1.54, 1.807) is 0 Å². The summed E-state index contributed by atoms with van der Waals surface area (Å²) in [5.74, 6) is -2.76. The highest BCUT2D eigenvalue weighted by atomic mass is 32.1. The molecule has 4 N–H and O–H groups in total. The predicted molar refractivity (Wildman–Crippen MR) is 119 cm³/mol. The minimum absolute atomic E-state index is 0.0249. The summed E-state index contributed by atoms with van der Waals surface area (Å²) in [4.78, 5) is 39.0. The number of fused-ring (bicyclic) bond motifs is 1. The molecule has 1 saturated carbocycles. The Morgan fingerprint density at radius 2 is 1.79 bits per heavy atom. The Hall–Kier alpha value is -2.53. The molecule has 0 unspecified atom stereocenters. The number of halogens is 3. The van der Waals surface area contributed by atoms with Gasteiger partial charge in [-0.25, -0.2) is 9.78 Å². The molecule has 11 heteroatoms. The number of hydrogen-bond acceptors (Lipinski definition) is 6. The average Bonchev–Trinajstić information content (AvgIpc) is 3.22. The van der Waals surface area contributed by atoms with Crippen molar-refractivity contribution in [2.75, 3.05) is 6.54 Å². The first kappa shape index (κ1) is 26.7. The lowest BCUT2D eigenvalue weighted by Crippen LogP contribution is -2.44. The maximum atomic E-state index is 13.0. The van der Waals surface area contributed by atoms with Crippen LogP contribution in [0.3, 0.4) is 0 Å². The zero-order valence-corrected chi connectivity index (χ0v) is 18.9. The molecule has 0 bridgehead atoms. The zero-order chi connectivity index (χ0) is 24.4. The van der Waals surface area contributed by atoms with Crippen molar-refractivity contribution >= 4 is 39.2 Å². The van der Waals surface area contributed by atoms with E-state index in [-0.39, 0.29) is 17.6 Å². The van der Waals surface area contributed by atoms with Crippen LogP contribution in [0.4, 0.5) is 13.2 Å². The van der Waals surface area contributed by atoms with Crippen LogP contribution in [0.1, 0.15) is 61.2 Å². The molecule has 1 heterocycles. The molecule has 3 rings (SSSR count). The number of carboxylic acids is 1. The molecular formula is C22H28F3N3O4S. The highest BCUT2D eigenvalue weighted by molar-refractivity contribution is 7.20. The number of unbranched alkanes of at least 4 members (excludes halogenated alkanes) is 1. The predicted octanol–water partition coefficient (Wildman–Crippen LogP) is 4.31. The number of nitrogens with zero attached hydrogens (tertiary/aromatic N) is 1. The Labute approximate surface area is 193 Å². The van der Waals surface area contributed by atoms with E-state index in [0.717, 1.165) is 48.7 Å². The SMILES string of the molecule is NCCCC[C@H](NC(=O)C1CCCCC1)C(=O)c1nc2ccccc2s1.O=C(O)C(F)(F)F. The van der Waals surface area contributed by atoms with E-state index >= 15 is 0 Å². The Balaban J connectivity index is 0.000000479. The summed E-state index contributed by atoms with van der Waals surface area (Å²) < 4.78 is 32.7. The van der Waals surface area contributed by atoms with Gasteiger partial charge in [-0.15, -0.1) is 11.3 Å². The number of thiazole rings is 1. The Morgan fingerprint density at radius 3 is 2.36 bits per heavy atom. The smallest absolute Gasteiger partial charge is 0.475 e. The van der Waals surface area contributed by atoms with Crippen LogP contribution in [0.15, 0.2) is 24.3 Å². The molecule has 1 aliphatic rings. The van der Waals surface area contributed by atoms with Crippen LogP contribution in [0, 0.1) is 5.92 Å². The van der Waals surface area contributed by atoms with Crippen LogP contribution < -0.4 is 11.1 Å². The van der Waals surface area contributed by atoms with Crippen LogP contribution in [0.25, 0.3) is 10.2 Å². The van der Waals surface area contributed by atoms with E-state index in [4.69, 9.17) is 15.6 Å². The molecule has 1 atom stereocenters. The molecule has 0 radical (unpaired) electrons. The van der Waals surface area contributed by atoms with E-state index < -0.39 is 18.2 Å². The summed E-state index contributed by atoms with van der Waals surface area (Å²) in [5, 5.41) is 10.6. The molecule has 1 fully saturated rings. The van der Waals surface area contributed by atoms with Gasteiger partial charge in [0.1, 0.15) is 0 Å². The van der Waals surface area contributed by atoms with Crippen molar-refractivity contribution in [1.29, 1.82) is 0 Å². The number of carbonyl (C=O) groups excluding carboxylic acids is 2. The number of aliphatic carboxylic acids is 1. The summed E-state index contributed by atoms with van der Waals surface area (Å²) >= 11 is 1.40. The Bertz CT molecular complexity index is 909. The first-order valence-corrected chi connectivity index (χ1v) is 11.7. The second-order valence-corrected chi connectivity index (χ2v) is 8.87. The fourth-order valence-electron chi connectivity index (χ4n) is 3.54. The van der Waals surface area contributed by atoms with Gasteiger partial charge in [0.25, 0.3) is 0 Å². The molecule has 182 valence electrons. The van der Waals surface area contributed by atoms with Crippen LogP contribution in [0.2, 0.25) is 0 Å². The van der Waals surface area contributed by atoms with Crippen molar-refractivity contribution < 1.29 is 32.7 Å². The number of nitrogens with one attached hydrogen (secondary N) is 1. The molecule has 1 aromatic carbocycles. The standard InChI is InChI=1S/C20H27N3O2S.C2HF3O2/c21-13-7-6-11-16(22-19(25)14-8-2-1-3-9-14)18(24)20-23-15-10-4-5-12-17(15)26-20;3-2(4,5)1(6)7/h4-5,10,12,14,16H,1-3,6-9,11,13,21H2,(H,22,25);(H,6,7)/t16-;/m0./s1. The highest BCUT2D eigenvalue weighted by Gasteiger charge is 2.38. The van der Waals surface area contributed by atoms with Gasteiger partial charge in [-0.05, 0) is 50.8 Å². The van der Waals surface area contributed by atoms with E-state index in [1.165, 1.54) is 17.8 Å². The third-order valence-corrected chi connectivity index (χ3v) is 6.35. The van der Waals surface area contributed by atoms with Crippen molar-refractivity contribution in [2.24, 2.45) is 11.7 Å². The van der Waals surface area contributed by atoms with Crippen molar-refractivity contribution in [3.05, 3.63) is 29.3 Å². The Kier molecular flexibility index (Phi) is 10.2. The van der Waals surface area contributed by atoms with Gasteiger partial charge in [-0.2, -0.15) is 13.2 Å². The van der Waals surface area contributed by atoms with Gasteiger partial charge in [-0.3, -0.25) is 9.59 Å². The second kappa shape index (κ2) is 12.6. The quantitative estimate of drug-likeness (QED) is 0.377. The number of nitrogens with two attached hydrogens (primary N) is 1. The van der Waals surface area contributed by atoms with Crippen molar-refractivity contribution in [1.82, 2.24) is 10.3 Å². The van der Waals surface area contributed by atoms with E-state index in [2.05, 4.69) is 10.3 Å². The number of alkyl halides is 3. The number of carbonyl (C=O) groups is 3. The van der Waals surface area contributed by atoms with Gasteiger partial charge >= 0.3 is 12.1 Å². The number of ketones is 1. The fourth-order valence-corrected chi connectivity index (χ4v) is 4.50. The minimum Gasteiger partial charge on any atom is -0.475 e. The lowest BCUT2D eigenvalue weighted by atomic mass is 9.88. The van der Waals surface area contributed by atoms with E-state index in [9.17, 15) is 22.8 Å². The normalized spacial score (nSPS) is 15.4. The molecular weight excluding hydrogens is 459 g/mol. The number of rotatable bonds is 8. The topological polar surface area (TPSA) is 122 Å². The van der Waals surface area contributed by atoms with E-state index in [0.29, 0.717) is 18.0 Å². The molecule has 1 aliphatic carbocycles. The number of benzene rings is 1. The van der Waals surface area contributed by atoms with Crippen molar-refractivity contribution in [2.45, 2.75) is 63.6 Å². The molecule has 7 nitrogen and oxygen atoms in total. The minimum atomic E-state index is -5.08. The zero-order valence-electron chi connectivity index (χ0n) is 18.1. The van der Waals surface area contributed by atoms with Crippen LogP contribution in [-0.4, -0.2) is 46.5 Å². The average molecular weight is 488 g/mol. The lowest BCUT2D eigenvalue weighted by molar-refractivity contribution is -0.192. The van der Waals surface area contributed by atoms with Crippen molar-refractivity contribution in [3.63, 3.8) is 0 Å². The number of para-hydroxylation sites is 1. The third-order valence-electron chi connectivity index (χ3n) is 5.30. The van der Waals surface area contributed by atoms with Gasteiger partial charge in [0.05, 0.1) is 16.3 Å². The first-order chi connectivity index (χ1) is 15.6. The number of amides is 1. The van der Waals surface area contributed by atoms with Crippen LogP contribution >= 0.6 is 11.3 Å². The maximum absolute atomic E-state index is 13.0. The molecule has 0 aliphatic heterocycles. The molecule has 0 spiro atoms. The van der Waals surface area contributed by atoms with E-state index in [1.807, 2.05) is 24.3 Å². The van der Waals surface area contributed by atoms with Gasteiger partial charge < -0.3 is 16.2 Å². The number of Topliss-reactive ketones (excluding diaryl/α,β-unsaturated/α-hetero) is 1. The van der Waals surface area contributed by atoms with Gasteiger partial charge in [-0.1, -0.05) is 31.4 Å². The monoisotopic (exact) mass is 487 g/mol. The summed E-state index contributed by atoms with van der Waals surface area (Å²) in [6, 6.07) is 7.23. The van der Waals surface area contributed by atoms with Crippen LogP contribution in [0.5, 0.6) is 0 Å². The molecule has 33 heavy (non-hydrogen) atoms. The second-order valence-electron chi connectivity index (χ2n) is 7.83. The highest BCUT2D eigenvalue weighted by Crippen LogP contribution is 2.26. The maximum Gasteiger partial charge on any atom is 0.490 e. The summed E-state index contributed by atoms with van der Waals surface area (Å²) in [7, 11) is 0. The Morgan fingerprint density at radius 1 is 1.15 bits per heavy atom. The van der Waals surface area contributed by atoms with Crippen molar-refractivity contribution in [3.8, 4) is 0 Å². The number of aromatic nitrogens is 1. The third kappa shape index (κ3) is 8.39. The lowest BCUT2D eigenvalue weighted by Gasteiger charge is -2.24. The molecule has 1 aromatic heterocycles. The molecule has 1 amide bonds. The van der Waals surface area contributed by atoms with Gasteiger partial charge in [0.15, 0.2) is 5.01 Å². The number of carboxylic acid groups (broad SMARTS) is 1. The molecule has 2 aromatic rings. The summed E-state index contributed by atoms with van der Waals surface area (Å²) in [5.41, 5.74) is 6.42. The van der Waals surface area contributed by atoms with Gasteiger partial charge in [0, 0.05) is 5.92 Å².